The number of likely N-dealkylation sites (tertiary alicyclic amines) is 1. The zero-order valence-electron chi connectivity index (χ0n) is 18.4. The second-order valence-corrected chi connectivity index (χ2v) is 8.42. The third kappa shape index (κ3) is 3.83. The molecule has 0 bridgehead atoms. The fourth-order valence-corrected chi connectivity index (χ4v) is 4.70. The van der Waals surface area contributed by atoms with Gasteiger partial charge < -0.3 is 14.5 Å². The Labute approximate surface area is 188 Å². The summed E-state index contributed by atoms with van der Waals surface area (Å²) in [6.45, 7) is 6.37. The van der Waals surface area contributed by atoms with Crippen molar-refractivity contribution < 1.29 is 14.3 Å². The number of ether oxygens (including phenoxy) is 1. The van der Waals surface area contributed by atoms with Crippen molar-refractivity contribution in [2.45, 2.75) is 26.3 Å². The Hall–Kier alpha value is -3.35. The van der Waals surface area contributed by atoms with Crippen molar-refractivity contribution in [2.75, 3.05) is 44.2 Å². The lowest BCUT2D eigenvalue weighted by atomic mass is 10.00. The minimum atomic E-state index is -0.308. The van der Waals surface area contributed by atoms with Gasteiger partial charge in [-0.1, -0.05) is 24.3 Å². The van der Waals surface area contributed by atoms with Crippen molar-refractivity contribution >= 4 is 23.5 Å². The highest BCUT2D eigenvalue weighted by atomic mass is 16.6. The molecule has 0 N–H and O–H groups in total. The van der Waals surface area contributed by atoms with Crippen LogP contribution < -0.4 is 4.90 Å². The van der Waals surface area contributed by atoms with Crippen molar-refractivity contribution in [3.63, 3.8) is 0 Å². The van der Waals surface area contributed by atoms with Crippen molar-refractivity contribution in [3.05, 3.63) is 53.6 Å². The molecule has 0 aliphatic carbocycles. The van der Waals surface area contributed by atoms with E-state index >= 15 is 0 Å². The minimum Gasteiger partial charge on any atom is -0.450 e. The third-order valence-electron chi connectivity index (χ3n) is 6.38. The van der Waals surface area contributed by atoms with Gasteiger partial charge in [0.1, 0.15) is 5.84 Å². The van der Waals surface area contributed by atoms with Crippen LogP contribution in [0.15, 0.2) is 47.5 Å². The van der Waals surface area contributed by atoms with E-state index in [2.05, 4.69) is 28.1 Å². The average molecular weight is 433 g/mol. The molecule has 7 heteroatoms. The van der Waals surface area contributed by atoms with E-state index in [9.17, 15) is 9.59 Å². The number of hydrogen-bond donors (Lipinski definition) is 0. The number of carbonyl (C=O) groups excluding carboxylic acids is 2. The SMILES string of the molecule is CCOC(=O)N1CC2=NCCN2c2cc(-c3ccc(C(=O)N4CCCC4)cc3)ccc2C1. The van der Waals surface area contributed by atoms with Gasteiger partial charge in [0.05, 0.1) is 26.2 Å². The predicted octanol–water partition coefficient (Wildman–Crippen LogP) is 3.78. The average Bonchev–Trinajstić information content (AvgIpc) is 3.49. The van der Waals surface area contributed by atoms with Crippen LogP contribution in [0.3, 0.4) is 0 Å². The van der Waals surface area contributed by atoms with Gasteiger partial charge in [-0.05, 0) is 54.7 Å². The van der Waals surface area contributed by atoms with Gasteiger partial charge in [0, 0.05) is 30.9 Å². The second-order valence-electron chi connectivity index (χ2n) is 8.42. The first kappa shape index (κ1) is 20.5. The minimum absolute atomic E-state index is 0.118. The largest absolute Gasteiger partial charge is 0.450 e. The maximum atomic E-state index is 12.6. The van der Waals surface area contributed by atoms with Gasteiger partial charge in [-0.25, -0.2) is 4.79 Å². The molecule has 1 fully saturated rings. The van der Waals surface area contributed by atoms with Crippen molar-refractivity contribution in [3.8, 4) is 11.1 Å². The molecular weight excluding hydrogens is 404 g/mol. The Bertz CT molecular complexity index is 1060. The summed E-state index contributed by atoms with van der Waals surface area (Å²) in [5.41, 5.74) is 5.05. The van der Waals surface area contributed by atoms with Gasteiger partial charge in [-0.3, -0.25) is 14.7 Å². The van der Waals surface area contributed by atoms with E-state index in [4.69, 9.17) is 4.74 Å². The van der Waals surface area contributed by atoms with E-state index in [-0.39, 0.29) is 12.0 Å². The molecule has 0 atom stereocenters. The molecule has 0 radical (unpaired) electrons. The summed E-state index contributed by atoms with van der Waals surface area (Å²) in [5, 5.41) is 0. The first-order chi connectivity index (χ1) is 15.6. The monoisotopic (exact) mass is 432 g/mol. The van der Waals surface area contributed by atoms with Crippen LogP contribution in [0.1, 0.15) is 35.7 Å². The number of fused-ring (bicyclic) bond motifs is 3. The molecule has 2 aromatic carbocycles. The lowest BCUT2D eigenvalue weighted by molar-refractivity contribution is 0.0792. The lowest BCUT2D eigenvalue weighted by Gasteiger charge is -2.21. The van der Waals surface area contributed by atoms with Gasteiger partial charge in [0.15, 0.2) is 0 Å². The number of amides is 2. The van der Waals surface area contributed by atoms with Crippen LogP contribution >= 0.6 is 0 Å². The Morgan fingerprint density at radius 3 is 2.44 bits per heavy atom. The number of benzene rings is 2. The molecule has 0 saturated carbocycles. The summed E-state index contributed by atoms with van der Waals surface area (Å²) >= 11 is 0. The quantitative estimate of drug-likeness (QED) is 0.740. The van der Waals surface area contributed by atoms with Gasteiger partial charge in [0.2, 0.25) is 0 Å². The molecule has 7 nitrogen and oxygen atoms in total. The zero-order chi connectivity index (χ0) is 22.1. The first-order valence-electron chi connectivity index (χ1n) is 11.4. The molecule has 0 spiro atoms. The van der Waals surface area contributed by atoms with E-state index in [1.54, 1.807) is 4.90 Å². The number of amidine groups is 1. The summed E-state index contributed by atoms with van der Waals surface area (Å²) in [4.78, 5) is 35.6. The van der Waals surface area contributed by atoms with Crippen LogP contribution in [-0.4, -0.2) is 67.0 Å². The molecule has 1 saturated heterocycles. The van der Waals surface area contributed by atoms with Crippen LogP contribution in [-0.2, 0) is 11.3 Å². The summed E-state index contributed by atoms with van der Waals surface area (Å²) in [5.74, 6) is 1.02. The highest BCUT2D eigenvalue weighted by molar-refractivity contribution is 6.03. The summed E-state index contributed by atoms with van der Waals surface area (Å²) in [6.07, 6.45) is 1.88. The van der Waals surface area contributed by atoms with Crippen LogP contribution in [0.2, 0.25) is 0 Å². The number of nitrogens with zero attached hydrogens (tertiary/aromatic N) is 4. The van der Waals surface area contributed by atoms with Gasteiger partial charge in [-0.15, -0.1) is 0 Å². The topological polar surface area (TPSA) is 65.5 Å². The molecule has 3 aliphatic rings. The predicted molar refractivity (Wildman–Crippen MR) is 124 cm³/mol. The summed E-state index contributed by atoms with van der Waals surface area (Å²) in [7, 11) is 0. The molecule has 2 amide bonds. The van der Waals surface area contributed by atoms with E-state index in [0.717, 1.165) is 72.8 Å². The number of anilines is 1. The highest BCUT2D eigenvalue weighted by Gasteiger charge is 2.30. The Balaban J connectivity index is 1.42. The van der Waals surface area contributed by atoms with E-state index in [1.807, 2.05) is 36.1 Å². The van der Waals surface area contributed by atoms with Crippen LogP contribution in [0.25, 0.3) is 11.1 Å². The smallest absolute Gasteiger partial charge is 0.410 e. The van der Waals surface area contributed by atoms with Gasteiger partial charge in [-0.2, -0.15) is 0 Å². The fraction of sp³-hybridized carbons (Fsp3) is 0.400. The summed E-state index contributed by atoms with van der Waals surface area (Å²) < 4.78 is 5.24. The first-order valence-corrected chi connectivity index (χ1v) is 11.4. The Morgan fingerprint density at radius 2 is 1.69 bits per heavy atom. The van der Waals surface area contributed by atoms with E-state index < -0.39 is 0 Å². The third-order valence-corrected chi connectivity index (χ3v) is 6.38. The molecule has 32 heavy (non-hydrogen) atoms. The van der Waals surface area contributed by atoms with Crippen LogP contribution in [0.4, 0.5) is 10.5 Å². The fourth-order valence-electron chi connectivity index (χ4n) is 4.70. The molecule has 3 aliphatic heterocycles. The molecule has 0 aromatic heterocycles. The highest BCUT2D eigenvalue weighted by Crippen LogP contribution is 2.33. The zero-order valence-corrected chi connectivity index (χ0v) is 18.4. The summed E-state index contributed by atoms with van der Waals surface area (Å²) in [6, 6.07) is 14.2. The molecule has 5 rings (SSSR count). The Kier molecular flexibility index (Phi) is 5.55. The normalized spacial score (nSPS) is 17.5. The molecular formula is C25H28N4O3. The standard InChI is InChI=1S/C25H28N4O3/c1-2-32-25(31)28-16-21-10-9-20(15-22(21)29-14-11-26-23(29)17-28)18-5-7-19(8-6-18)24(30)27-12-3-4-13-27/h5-10,15H,2-4,11-14,16-17H2,1H3. The Morgan fingerprint density at radius 1 is 0.938 bits per heavy atom. The maximum Gasteiger partial charge on any atom is 0.410 e. The van der Waals surface area contributed by atoms with Crippen molar-refractivity contribution in [2.24, 2.45) is 4.99 Å². The number of hydrogen-bond acceptors (Lipinski definition) is 5. The number of rotatable bonds is 3. The van der Waals surface area contributed by atoms with Crippen molar-refractivity contribution in [1.82, 2.24) is 9.80 Å². The van der Waals surface area contributed by atoms with Crippen molar-refractivity contribution in [1.29, 1.82) is 0 Å². The van der Waals surface area contributed by atoms with Crippen LogP contribution in [0, 0.1) is 0 Å². The van der Waals surface area contributed by atoms with Gasteiger partial charge in [0.25, 0.3) is 5.91 Å². The number of carbonyl (C=O) groups is 2. The van der Waals surface area contributed by atoms with E-state index in [0.29, 0.717) is 19.7 Å². The lowest BCUT2D eigenvalue weighted by Crippen LogP contribution is -2.38. The molecule has 0 unspecified atom stereocenters. The maximum absolute atomic E-state index is 12.6. The second kappa shape index (κ2) is 8.65. The van der Waals surface area contributed by atoms with Crippen LogP contribution in [0.5, 0.6) is 0 Å². The van der Waals surface area contributed by atoms with E-state index in [1.165, 1.54) is 0 Å². The molecule has 2 aromatic rings. The molecule has 3 heterocycles. The molecule has 166 valence electrons. The number of aliphatic imine (C=N–C) groups is 1. The van der Waals surface area contributed by atoms with Gasteiger partial charge >= 0.3 is 6.09 Å².